The first-order valence-electron chi connectivity index (χ1n) is 4.26. The minimum atomic E-state index is 0.376. The Kier molecular flexibility index (Phi) is 6.51. The van der Waals surface area contributed by atoms with Gasteiger partial charge in [-0.2, -0.15) is 0 Å². The molecule has 0 radical (unpaired) electrons. The standard InChI is InChI=1S/C8H20N2O/c1-4-11-6-5-8(10-9)7(2)3/h7-8,10H,4-6,9H2,1-3H3. The molecule has 11 heavy (non-hydrogen) atoms. The molecule has 0 aliphatic carbocycles. The number of hydrazine groups is 1. The fraction of sp³-hybridized carbons (Fsp3) is 1.00. The molecule has 1 atom stereocenters. The summed E-state index contributed by atoms with van der Waals surface area (Å²) in [5.41, 5.74) is 2.78. The maximum Gasteiger partial charge on any atom is 0.0481 e. The minimum Gasteiger partial charge on any atom is -0.382 e. The number of ether oxygens (including phenoxy) is 1. The molecule has 0 aromatic carbocycles. The van der Waals surface area contributed by atoms with Crippen LogP contribution in [0.4, 0.5) is 0 Å². The van der Waals surface area contributed by atoms with E-state index in [1.165, 1.54) is 0 Å². The van der Waals surface area contributed by atoms with Gasteiger partial charge in [0.1, 0.15) is 0 Å². The van der Waals surface area contributed by atoms with E-state index >= 15 is 0 Å². The van der Waals surface area contributed by atoms with E-state index in [0.717, 1.165) is 19.6 Å². The van der Waals surface area contributed by atoms with E-state index in [2.05, 4.69) is 19.3 Å². The number of hydrogen-bond donors (Lipinski definition) is 2. The van der Waals surface area contributed by atoms with Gasteiger partial charge in [0.15, 0.2) is 0 Å². The van der Waals surface area contributed by atoms with Crippen LogP contribution >= 0.6 is 0 Å². The van der Waals surface area contributed by atoms with Gasteiger partial charge in [-0.1, -0.05) is 13.8 Å². The van der Waals surface area contributed by atoms with Gasteiger partial charge in [0, 0.05) is 19.3 Å². The highest BCUT2D eigenvalue weighted by molar-refractivity contribution is 4.66. The normalized spacial score (nSPS) is 13.9. The van der Waals surface area contributed by atoms with Crippen LogP contribution in [-0.2, 0) is 4.74 Å². The first-order chi connectivity index (χ1) is 5.22. The van der Waals surface area contributed by atoms with Gasteiger partial charge in [-0.05, 0) is 19.3 Å². The van der Waals surface area contributed by atoms with Gasteiger partial charge in [0.25, 0.3) is 0 Å². The molecule has 1 unspecified atom stereocenters. The summed E-state index contributed by atoms with van der Waals surface area (Å²) in [6.07, 6.45) is 0.988. The van der Waals surface area contributed by atoms with Gasteiger partial charge >= 0.3 is 0 Å². The Bertz CT molecular complexity index is 86.2. The largest absolute Gasteiger partial charge is 0.382 e. The molecule has 0 aliphatic heterocycles. The Hall–Kier alpha value is -0.120. The van der Waals surface area contributed by atoms with Gasteiger partial charge < -0.3 is 4.74 Å². The Morgan fingerprint density at radius 1 is 1.45 bits per heavy atom. The van der Waals surface area contributed by atoms with Crippen LogP contribution in [-0.4, -0.2) is 19.3 Å². The molecule has 0 spiro atoms. The van der Waals surface area contributed by atoms with Gasteiger partial charge in [-0.15, -0.1) is 0 Å². The summed E-state index contributed by atoms with van der Waals surface area (Å²) >= 11 is 0. The predicted molar refractivity (Wildman–Crippen MR) is 47.1 cm³/mol. The number of nitrogens with two attached hydrogens (primary N) is 1. The Balaban J connectivity index is 3.36. The van der Waals surface area contributed by atoms with Crippen LogP contribution in [0.3, 0.4) is 0 Å². The number of nitrogens with one attached hydrogen (secondary N) is 1. The fourth-order valence-electron chi connectivity index (χ4n) is 0.964. The van der Waals surface area contributed by atoms with E-state index in [9.17, 15) is 0 Å². The summed E-state index contributed by atoms with van der Waals surface area (Å²) in [5, 5.41) is 0. The predicted octanol–water partition coefficient (Wildman–Crippen LogP) is 0.901. The van der Waals surface area contributed by atoms with Crippen molar-refractivity contribution in [1.82, 2.24) is 5.43 Å². The average Bonchev–Trinajstić information content (AvgIpc) is 1.97. The van der Waals surface area contributed by atoms with E-state index in [1.807, 2.05) is 6.92 Å². The van der Waals surface area contributed by atoms with Crippen molar-refractivity contribution in [2.75, 3.05) is 13.2 Å². The first kappa shape index (κ1) is 10.9. The van der Waals surface area contributed by atoms with Crippen LogP contribution < -0.4 is 11.3 Å². The molecule has 0 fully saturated rings. The number of rotatable bonds is 6. The zero-order valence-electron chi connectivity index (χ0n) is 7.76. The van der Waals surface area contributed by atoms with E-state index in [4.69, 9.17) is 10.6 Å². The SMILES string of the molecule is CCOCCC(NN)C(C)C. The van der Waals surface area contributed by atoms with Crippen LogP contribution in [0.15, 0.2) is 0 Å². The van der Waals surface area contributed by atoms with E-state index in [-0.39, 0.29) is 0 Å². The molecule has 0 amide bonds. The van der Waals surface area contributed by atoms with Crippen molar-refractivity contribution in [2.24, 2.45) is 11.8 Å². The third-order valence-corrected chi connectivity index (χ3v) is 1.80. The first-order valence-corrected chi connectivity index (χ1v) is 4.26. The molecule has 0 rings (SSSR count). The highest BCUT2D eigenvalue weighted by atomic mass is 16.5. The van der Waals surface area contributed by atoms with Crippen molar-refractivity contribution >= 4 is 0 Å². The molecule has 0 heterocycles. The minimum absolute atomic E-state index is 0.376. The molecule has 68 valence electrons. The Morgan fingerprint density at radius 3 is 2.45 bits per heavy atom. The zero-order valence-corrected chi connectivity index (χ0v) is 7.76. The van der Waals surface area contributed by atoms with Crippen LogP contribution in [0.1, 0.15) is 27.2 Å². The number of hydrogen-bond acceptors (Lipinski definition) is 3. The van der Waals surface area contributed by atoms with Crippen LogP contribution in [0.5, 0.6) is 0 Å². The molecule has 0 aliphatic rings. The van der Waals surface area contributed by atoms with Gasteiger partial charge in [0.05, 0.1) is 0 Å². The molecular weight excluding hydrogens is 140 g/mol. The summed E-state index contributed by atoms with van der Waals surface area (Å²) in [6.45, 7) is 7.88. The van der Waals surface area contributed by atoms with Crippen molar-refractivity contribution in [1.29, 1.82) is 0 Å². The molecule has 3 N–H and O–H groups in total. The van der Waals surface area contributed by atoms with Crippen LogP contribution in [0.25, 0.3) is 0 Å². The Morgan fingerprint density at radius 2 is 2.09 bits per heavy atom. The molecule has 3 heteroatoms. The van der Waals surface area contributed by atoms with Crippen molar-refractivity contribution in [3.63, 3.8) is 0 Å². The Labute approximate surface area is 69.3 Å². The fourth-order valence-corrected chi connectivity index (χ4v) is 0.964. The molecule has 0 saturated carbocycles. The summed E-state index contributed by atoms with van der Waals surface area (Å²) in [4.78, 5) is 0. The smallest absolute Gasteiger partial charge is 0.0481 e. The lowest BCUT2D eigenvalue weighted by Crippen LogP contribution is -2.39. The van der Waals surface area contributed by atoms with Crippen LogP contribution in [0, 0.1) is 5.92 Å². The topological polar surface area (TPSA) is 47.3 Å². The molecule has 0 aromatic heterocycles. The highest BCUT2D eigenvalue weighted by Crippen LogP contribution is 2.04. The third-order valence-electron chi connectivity index (χ3n) is 1.80. The van der Waals surface area contributed by atoms with Gasteiger partial charge in [0.2, 0.25) is 0 Å². The molecular formula is C8H20N2O. The van der Waals surface area contributed by atoms with Gasteiger partial charge in [-0.25, -0.2) is 0 Å². The van der Waals surface area contributed by atoms with Crippen molar-refractivity contribution in [3.05, 3.63) is 0 Å². The summed E-state index contributed by atoms with van der Waals surface area (Å²) in [7, 11) is 0. The summed E-state index contributed by atoms with van der Waals surface area (Å²) in [6, 6.07) is 0.376. The second kappa shape index (κ2) is 6.58. The van der Waals surface area contributed by atoms with Crippen molar-refractivity contribution < 1.29 is 4.74 Å². The molecule has 0 saturated heterocycles. The summed E-state index contributed by atoms with van der Waals surface area (Å²) in [5.74, 6) is 5.92. The van der Waals surface area contributed by atoms with E-state index < -0.39 is 0 Å². The van der Waals surface area contributed by atoms with E-state index in [1.54, 1.807) is 0 Å². The quantitative estimate of drug-likeness (QED) is 0.345. The summed E-state index contributed by atoms with van der Waals surface area (Å²) < 4.78 is 5.22. The lowest BCUT2D eigenvalue weighted by molar-refractivity contribution is 0.130. The second-order valence-corrected chi connectivity index (χ2v) is 3.00. The molecule has 0 bridgehead atoms. The average molecular weight is 160 g/mol. The zero-order chi connectivity index (χ0) is 8.69. The lowest BCUT2D eigenvalue weighted by atomic mass is 10.0. The van der Waals surface area contributed by atoms with Gasteiger partial charge in [-0.3, -0.25) is 11.3 Å². The van der Waals surface area contributed by atoms with Crippen LogP contribution in [0.2, 0.25) is 0 Å². The highest BCUT2D eigenvalue weighted by Gasteiger charge is 2.09. The monoisotopic (exact) mass is 160 g/mol. The third kappa shape index (κ3) is 5.18. The second-order valence-electron chi connectivity index (χ2n) is 3.00. The lowest BCUT2D eigenvalue weighted by Gasteiger charge is -2.19. The maximum atomic E-state index is 5.35. The van der Waals surface area contributed by atoms with E-state index in [0.29, 0.717) is 12.0 Å². The maximum absolute atomic E-state index is 5.35. The van der Waals surface area contributed by atoms with Crippen molar-refractivity contribution in [2.45, 2.75) is 33.2 Å². The molecule has 3 nitrogen and oxygen atoms in total. The molecule has 0 aromatic rings. The van der Waals surface area contributed by atoms with Crippen molar-refractivity contribution in [3.8, 4) is 0 Å².